The third-order valence-corrected chi connectivity index (χ3v) is 6.08. The Balaban J connectivity index is 1.85. The summed E-state index contributed by atoms with van der Waals surface area (Å²) in [6.07, 6.45) is 3.25. The van der Waals surface area contributed by atoms with Crippen LogP contribution in [0.25, 0.3) is 5.76 Å². The Morgan fingerprint density at radius 1 is 1.06 bits per heavy atom. The number of amides is 1. The van der Waals surface area contributed by atoms with Gasteiger partial charge in [-0.3, -0.25) is 19.5 Å². The van der Waals surface area contributed by atoms with Crippen molar-refractivity contribution in [2.24, 2.45) is 5.92 Å². The second kappa shape index (κ2) is 9.74. The Labute approximate surface area is 205 Å². The van der Waals surface area contributed by atoms with Gasteiger partial charge < -0.3 is 9.84 Å². The minimum atomic E-state index is -0.803. The molecule has 1 aliphatic heterocycles. The molecular formula is C29H30N2O4. The SMILES string of the molecule is Cc1ccc(N2C(=O)C(=O)/C(=C(/O)c3ccc(OCC(C)C)c(C)c3)C2c2cccnc2)c(C)c1. The number of carbonyl (C=O) groups is 2. The van der Waals surface area contributed by atoms with Crippen molar-refractivity contribution in [1.29, 1.82) is 0 Å². The standard InChI is InChI=1S/C29H30N2O4/c1-17(2)16-35-24-11-9-21(14-20(24)5)27(32)25-26(22-7-6-12-30-15-22)31(29(34)28(25)33)23-10-8-18(3)13-19(23)4/h6-15,17,26,32H,16H2,1-5H3/b27-25+. The van der Waals surface area contributed by atoms with E-state index in [0.29, 0.717) is 29.3 Å². The van der Waals surface area contributed by atoms with Gasteiger partial charge in [-0.2, -0.15) is 0 Å². The number of anilines is 1. The van der Waals surface area contributed by atoms with Crippen molar-refractivity contribution < 1.29 is 19.4 Å². The highest BCUT2D eigenvalue weighted by Crippen LogP contribution is 2.43. The number of ether oxygens (including phenoxy) is 1. The monoisotopic (exact) mass is 470 g/mol. The van der Waals surface area contributed by atoms with E-state index in [1.54, 1.807) is 42.7 Å². The summed E-state index contributed by atoms with van der Waals surface area (Å²) in [7, 11) is 0. The number of hydrogen-bond acceptors (Lipinski definition) is 5. The Bertz CT molecular complexity index is 1310. The van der Waals surface area contributed by atoms with E-state index in [-0.39, 0.29) is 11.3 Å². The van der Waals surface area contributed by atoms with Crippen LogP contribution in [0.5, 0.6) is 5.75 Å². The summed E-state index contributed by atoms with van der Waals surface area (Å²) in [5.41, 5.74) is 4.50. The summed E-state index contributed by atoms with van der Waals surface area (Å²) < 4.78 is 5.85. The molecule has 180 valence electrons. The van der Waals surface area contributed by atoms with E-state index in [1.807, 2.05) is 39.0 Å². The third kappa shape index (κ3) is 4.69. The lowest BCUT2D eigenvalue weighted by molar-refractivity contribution is -0.132. The molecule has 1 aromatic heterocycles. The fourth-order valence-electron chi connectivity index (χ4n) is 4.38. The zero-order valence-electron chi connectivity index (χ0n) is 20.7. The van der Waals surface area contributed by atoms with E-state index in [1.165, 1.54) is 4.90 Å². The van der Waals surface area contributed by atoms with Crippen LogP contribution in [-0.2, 0) is 9.59 Å². The van der Waals surface area contributed by atoms with Crippen molar-refractivity contribution >= 4 is 23.1 Å². The summed E-state index contributed by atoms with van der Waals surface area (Å²) in [5, 5.41) is 11.4. The van der Waals surface area contributed by atoms with Gasteiger partial charge in [-0.05, 0) is 73.7 Å². The molecule has 2 aromatic carbocycles. The number of benzene rings is 2. The fraction of sp³-hybridized carbons (Fsp3) is 0.276. The number of pyridine rings is 1. The number of carbonyl (C=O) groups excluding carboxylic acids is 2. The molecule has 0 radical (unpaired) electrons. The molecule has 1 amide bonds. The molecule has 0 aliphatic carbocycles. The van der Waals surface area contributed by atoms with Crippen molar-refractivity contribution in [3.05, 3.63) is 94.3 Å². The van der Waals surface area contributed by atoms with Gasteiger partial charge in [-0.15, -0.1) is 0 Å². The summed E-state index contributed by atoms with van der Waals surface area (Å²) >= 11 is 0. The number of ketones is 1. The molecule has 1 aliphatic rings. The molecule has 3 aromatic rings. The highest BCUT2D eigenvalue weighted by Gasteiger charge is 2.47. The molecule has 1 unspecified atom stereocenters. The topological polar surface area (TPSA) is 79.7 Å². The Hall–Kier alpha value is -3.93. The van der Waals surface area contributed by atoms with E-state index in [9.17, 15) is 14.7 Å². The van der Waals surface area contributed by atoms with Gasteiger partial charge in [0.2, 0.25) is 0 Å². The molecule has 0 spiro atoms. The number of hydrogen-bond donors (Lipinski definition) is 1. The van der Waals surface area contributed by atoms with Crippen molar-refractivity contribution in [2.45, 2.75) is 40.7 Å². The highest BCUT2D eigenvalue weighted by atomic mass is 16.5. The van der Waals surface area contributed by atoms with Crippen LogP contribution in [0.1, 0.15) is 47.7 Å². The van der Waals surface area contributed by atoms with Crippen LogP contribution in [-0.4, -0.2) is 28.4 Å². The quantitative estimate of drug-likeness (QED) is 0.285. The predicted octanol–water partition coefficient (Wildman–Crippen LogP) is 5.67. The molecule has 6 nitrogen and oxygen atoms in total. The molecule has 1 N–H and O–H groups in total. The van der Waals surface area contributed by atoms with Gasteiger partial charge in [-0.1, -0.05) is 37.6 Å². The van der Waals surface area contributed by atoms with Crippen LogP contribution in [0.3, 0.4) is 0 Å². The number of nitrogens with zero attached hydrogens (tertiary/aromatic N) is 2. The maximum atomic E-state index is 13.3. The second-order valence-corrected chi connectivity index (χ2v) is 9.43. The highest BCUT2D eigenvalue weighted by molar-refractivity contribution is 6.51. The lowest BCUT2D eigenvalue weighted by Gasteiger charge is -2.26. The second-order valence-electron chi connectivity index (χ2n) is 9.43. The minimum absolute atomic E-state index is 0.0400. The van der Waals surface area contributed by atoms with Crippen LogP contribution >= 0.6 is 0 Å². The number of aromatic nitrogens is 1. The fourth-order valence-corrected chi connectivity index (χ4v) is 4.38. The number of aliphatic hydroxyl groups excluding tert-OH is 1. The van der Waals surface area contributed by atoms with Gasteiger partial charge >= 0.3 is 0 Å². The molecule has 6 heteroatoms. The largest absolute Gasteiger partial charge is 0.507 e. The minimum Gasteiger partial charge on any atom is -0.507 e. The predicted molar refractivity (Wildman–Crippen MR) is 136 cm³/mol. The average molecular weight is 471 g/mol. The molecule has 0 saturated carbocycles. The molecule has 1 fully saturated rings. The van der Waals surface area contributed by atoms with E-state index in [2.05, 4.69) is 18.8 Å². The number of aliphatic hydroxyl groups is 1. The van der Waals surface area contributed by atoms with E-state index in [0.717, 1.165) is 22.4 Å². The van der Waals surface area contributed by atoms with Crippen LogP contribution in [0.2, 0.25) is 0 Å². The van der Waals surface area contributed by atoms with Crippen molar-refractivity contribution in [2.75, 3.05) is 11.5 Å². The number of rotatable bonds is 6. The van der Waals surface area contributed by atoms with E-state index in [4.69, 9.17) is 4.74 Å². The Morgan fingerprint density at radius 3 is 2.46 bits per heavy atom. The van der Waals surface area contributed by atoms with E-state index < -0.39 is 17.7 Å². The Kier molecular flexibility index (Phi) is 6.74. The molecule has 35 heavy (non-hydrogen) atoms. The summed E-state index contributed by atoms with van der Waals surface area (Å²) in [4.78, 5) is 32.3. The number of Topliss-reactive ketones (excluding diaryl/α,β-unsaturated/α-hetero) is 1. The van der Waals surface area contributed by atoms with Crippen LogP contribution in [0, 0.1) is 26.7 Å². The first-order valence-corrected chi connectivity index (χ1v) is 11.7. The lowest BCUT2D eigenvalue weighted by Crippen LogP contribution is -2.30. The summed E-state index contributed by atoms with van der Waals surface area (Å²) in [6.45, 7) is 10.5. The first kappa shape index (κ1) is 24.2. The van der Waals surface area contributed by atoms with Gasteiger partial charge in [0.15, 0.2) is 0 Å². The van der Waals surface area contributed by atoms with Crippen LogP contribution in [0.15, 0.2) is 66.5 Å². The van der Waals surface area contributed by atoms with Crippen molar-refractivity contribution in [3.8, 4) is 5.75 Å². The van der Waals surface area contributed by atoms with Gasteiger partial charge in [0.05, 0.1) is 18.2 Å². The lowest BCUT2D eigenvalue weighted by atomic mass is 9.95. The van der Waals surface area contributed by atoms with Gasteiger partial charge in [0.1, 0.15) is 11.5 Å². The molecular weight excluding hydrogens is 440 g/mol. The van der Waals surface area contributed by atoms with Gasteiger partial charge in [0.25, 0.3) is 11.7 Å². The smallest absolute Gasteiger partial charge is 0.300 e. The first-order chi connectivity index (χ1) is 16.7. The molecule has 0 bridgehead atoms. The molecule has 4 rings (SSSR count). The van der Waals surface area contributed by atoms with Crippen molar-refractivity contribution in [3.63, 3.8) is 0 Å². The zero-order chi connectivity index (χ0) is 25.3. The zero-order valence-corrected chi connectivity index (χ0v) is 20.7. The summed E-state index contributed by atoms with van der Waals surface area (Å²) in [5.74, 6) is -0.531. The maximum absolute atomic E-state index is 13.3. The van der Waals surface area contributed by atoms with Gasteiger partial charge in [-0.25, -0.2) is 0 Å². The molecule has 1 atom stereocenters. The van der Waals surface area contributed by atoms with Crippen LogP contribution in [0.4, 0.5) is 5.69 Å². The van der Waals surface area contributed by atoms with Crippen molar-refractivity contribution in [1.82, 2.24) is 4.98 Å². The normalized spacial score (nSPS) is 17.3. The molecule has 2 heterocycles. The van der Waals surface area contributed by atoms with Crippen LogP contribution < -0.4 is 9.64 Å². The van der Waals surface area contributed by atoms with E-state index >= 15 is 0 Å². The average Bonchev–Trinajstić information content (AvgIpc) is 3.08. The first-order valence-electron chi connectivity index (χ1n) is 11.7. The Morgan fingerprint density at radius 2 is 1.83 bits per heavy atom. The summed E-state index contributed by atoms with van der Waals surface area (Å²) in [6, 6.07) is 13.7. The van der Waals surface area contributed by atoms with Gasteiger partial charge in [0, 0.05) is 23.6 Å². The number of aryl methyl sites for hydroxylation is 3. The third-order valence-electron chi connectivity index (χ3n) is 6.08. The maximum Gasteiger partial charge on any atom is 0.300 e. The molecule has 1 saturated heterocycles.